The monoisotopic (exact) mass is 229 g/mol. The lowest BCUT2D eigenvalue weighted by Crippen LogP contribution is -2.15. The number of rotatable bonds is 3. The van der Waals surface area contributed by atoms with E-state index in [1.165, 1.54) is 6.07 Å². The van der Waals surface area contributed by atoms with Crippen molar-refractivity contribution < 1.29 is 9.90 Å². The van der Waals surface area contributed by atoms with Gasteiger partial charge in [0, 0.05) is 19.4 Å². The van der Waals surface area contributed by atoms with E-state index < -0.39 is 5.97 Å². The Kier molecular flexibility index (Phi) is 3.00. The van der Waals surface area contributed by atoms with Crippen molar-refractivity contribution in [3.05, 3.63) is 48.4 Å². The van der Waals surface area contributed by atoms with E-state index in [1.807, 2.05) is 6.07 Å². The molecule has 0 aliphatic carbocycles. The van der Waals surface area contributed by atoms with E-state index in [4.69, 9.17) is 5.11 Å². The highest BCUT2D eigenvalue weighted by atomic mass is 16.4. The summed E-state index contributed by atoms with van der Waals surface area (Å²) in [6.45, 7) is 0. The van der Waals surface area contributed by atoms with Crippen molar-refractivity contribution in [1.82, 2.24) is 9.97 Å². The fourth-order valence-corrected chi connectivity index (χ4v) is 1.51. The van der Waals surface area contributed by atoms with E-state index in [0.717, 1.165) is 5.69 Å². The summed E-state index contributed by atoms with van der Waals surface area (Å²) in [7, 11) is 1.76. The van der Waals surface area contributed by atoms with Gasteiger partial charge in [-0.05, 0) is 24.3 Å². The third-order valence-electron chi connectivity index (χ3n) is 2.37. The number of hydrogen-bond acceptors (Lipinski definition) is 4. The highest BCUT2D eigenvalue weighted by Gasteiger charge is 2.15. The van der Waals surface area contributed by atoms with Crippen molar-refractivity contribution in [2.45, 2.75) is 0 Å². The van der Waals surface area contributed by atoms with Crippen LogP contribution in [0.2, 0.25) is 0 Å². The molecule has 0 aliphatic rings. The smallest absolute Gasteiger partial charge is 0.339 e. The molecule has 5 heteroatoms. The van der Waals surface area contributed by atoms with Gasteiger partial charge in [-0.25, -0.2) is 9.78 Å². The minimum atomic E-state index is -0.996. The van der Waals surface area contributed by atoms with Gasteiger partial charge in [-0.1, -0.05) is 0 Å². The molecule has 17 heavy (non-hydrogen) atoms. The number of aromatic carboxylic acids is 1. The quantitative estimate of drug-likeness (QED) is 0.871. The van der Waals surface area contributed by atoms with Crippen LogP contribution in [0.15, 0.2) is 42.9 Å². The summed E-state index contributed by atoms with van der Waals surface area (Å²) in [5, 5.41) is 9.08. The topological polar surface area (TPSA) is 66.3 Å². The van der Waals surface area contributed by atoms with Crippen LogP contribution in [0.4, 0.5) is 11.5 Å². The summed E-state index contributed by atoms with van der Waals surface area (Å²) < 4.78 is 0. The van der Waals surface area contributed by atoms with Crippen LogP contribution in [-0.4, -0.2) is 28.1 Å². The lowest BCUT2D eigenvalue weighted by molar-refractivity contribution is 0.0697. The highest BCUT2D eigenvalue weighted by molar-refractivity contribution is 5.94. The van der Waals surface area contributed by atoms with E-state index >= 15 is 0 Å². The molecule has 5 nitrogen and oxygen atoms in total. The molecular formula is C12H11N3O2. The molecule has 1 N–H and O–H groups in total. The van der Waals surface area contributed by atoms with Crippen molar-refractivity contribution in [3.63, 3.8) is 0 Å². The summed E-state index contributed by atoms with van der Waals surface area (Å²) >= 11 is 0. The third kappa shape index (κ3) is 2.23. The van der Waals surface area contributed by atoms with Crippen molar-refractivity contribution in [1.29, 1.82) is 0 Å². The van der Waals surface area contributed by atoms with Crippen LogP contribution in [0.5, 0.6) is 0 Å². The van der Waals surface area contributed by atoms with Gasteiger partial charge in [0.1, 0.15) is 11.4 Å². The lowest BCUT2D eigenvalue weighted by atomic mass is 10.2. The Bertz CT molecular complexity index is 528. The number of anilines is 2. The Labute approximate surface area is 98.4 Å². The number of nitrogens with zero attached hydrogens (tertiary/aromatic N) is 3. The molecule has 2 heterocycles. The molecule has 0 saturated carbocycles. The van der Waals surface area contributed by atoms with Crippen LogP contribution in [0.25, 0.3) is 0 Å². The Morgan fingerprint density at radius 2 is 2.06 bits per heavy atom. The molecule has 2 aromatic heterocycles. The maximum absolute atomic E-state index is 11.1. The number of aromatic nitrogens is 2. The first-order valence-corrected chi connectivity index (χ1v) is 5.02. The first-order chi connectivity index (χ1) is 8.20. The predicted molar refractivity (Wildman–Crippen MR) is 63.5 cm³/mol. The molecule has 0 unspecified atom stereocenters. The van der Waals surface area contributed by atoms with Gasteiger partial charge < -0.3 is 10.0 Å². The third-order valence-corrected chi connectivity index (χ3v) is 2.37. The van der Waals surface area contributed by atoms with Crippen LogP contribution >= 0.6 is 0 Å². The van der Waals surface area contributed by atoms with E-state index in [2.05, 4.69) is 9.97 Å². The van der Waals surface area contributed by atoms with Gasteiger partial charge in [-0.3, -0.25) is 4.98 Å². The van der Waals surface area contributed by atoms with Gasteiger partial charge in [0.15, 0.2) is 0 Å². The Hall–Kier alpha value is -2.43. The van der Waals surface area contributed by atoms with Crippen molar-refractivity contribution >= 4 is 17.5 Å². The zero-order valence-corrected chi connectivity index (χ0v) is 9.24. The van der Waals surface area contributed by atoms with E-state index in [-0.39, 0.29) is 5.56 Å². The Morgan fingerprint density at radius 1 is 1.29 bits per heavy atom. The molecule has 0 amide bonds. The molecule has 2 rings (SSSR count). The van der Waals surface area contributed by atoms with Gasteiger partial charge in [0.05, 0.1) is 11.9 Å². The number of hydrogen-bond donors (Lipinski definition) is 1. The average molecular weight is 229 g/mol. The highest BCUT2D eigenvalue weighted by Crippen LogP contribution is 2.23. The van der Waals surface area contributed by atoms with E-state index in [9.17, 15) is 4.79 Å². The number of pyridine rings is 2. The maximum atomic E-state index is 11.1. The largest absolute Gasteiger partial charge is 0.478 e. The van der Waals surface area contributed by atoms with Crippen molar-refractivity contribution in [3.8, 4) is 0 Å². The SMILES string of the molecule is CN(c1cccnc1)c1ncccc1C(=O)O. The van der Waals surface area contributed by atoms with E-state index in [1.54, 1.807) is 42.7 Å². The van der Waals surface area contributed by atoms with Crippen molar-refractivity contribution in [2.75, 3.05) is 11.9 Å². The van der Waals surface area contributed by atoms with Gasteiger partial charge in [-0.2, -0.15) is 0 Å². The normalized spacial score (nSPS) is 9.94. The average Bonchev–Trinajstić information content (AvgIpc) is 2.39. The van der Waals surface area contributed by atoms with Gasteiger partial charge in [-0.15, -0.1) is 0 Å². The molecule has 0 bridgehead atoms. The summed E-state index contributed by atoms with van der Waals surface area (Å²) in [4.78, 5) is 20.8. The maximum Gasteiger partial charge on any atom is 0.339 e. The number of carboxylic acid groups (broad SMARTS) is 1. The Morgan fingerprint density at radius 3 is 2.71 bits per heavy atom. The summed E-state index contributed by atoms with van der Waals surface area (Å²) in [6, 6.07) is 6.75. The van der Waals surface area contributed by atoms with Gasteiger partial charge in [0.25, 0.3) is 0 Å². The van der Waals surface area contributed by atoms with E-state index in [0.29, 0.717) is 5.82 Å². The molecule has 0 saturated heterocycles. The van der Waals surface area contributed by atoms with Gasteiger partial charge >= 0.3 is 5.97 Å². The van der Waals surface area contributed by atoms with Crippen molar-refractivity contribution in [2.24, 2.45) is 0 Å². The Balaban J connectivity index is 2.44. The molecular weight excluding hydrogens is 218 g/mol. The van der Waals surface area contributed by atoms with Crippen LogP contribution in [0.1, 0.15) is 10.4 Å². The van der Waals surface area contributed by atoms with Crippen LogP contribution in [0.3, 0.4) is 0 Å². The second-order valence-corrected chi connectivity index (χ2v) is 3.45. The molecule has 0 atom stereocenters. The summed E-state index contributed by atoms with van der Waals surface area (Å²) in [5.41, 5.74) is 0.951. The molecule has 0 spiro atoms. The number of carbonyl (C=O) groups is 1. The molecule has 2 aromatic rings. The predicted octanol–water partition coefficient (Wildman–Crippen LogP) is 1.94. The molecule has 0 fully saturated rings. The fourth-order valence-electron chi connectivity index (χ4n) is 1.51. The minimum absolute atomic E-state index is 0.166. The standard InChI is InChI=1S/C12H11N3O2/c1-15(9-4-2-6-13-8-9)11-10(12(16)17)5-3-7-14-11/h2-8H,1H3,(H,16,17). The lowest BCUT2D eigenvalue weighted by Gasteiger charge is -2.19. The zero-order valence-electron chi connectivity index (χ0n) is 9.24. The van der Waals surface area contributed by atoms with Crippen LogP contribution in [0, 0.1) is 0 Å². The summed E-state index contributed by atoms with van der Waals surface area (Å²) in [6.07, 6.45) is 4.88. The van der Waals surface area contributed by atoms with Crippen LogP contribution in [-0.2, 0) is 0 Å². The second-order valence-electron chi connectivity index (χ2n) is 3.45. The molecule has 0 aromatic carbocycles. The summed E-state index contributed by atoms with van der Waals surface area (Å²) in [5.74, 6) is -0.600. The van der Waals surface area contributed by atoms with Gasteiger partial charge in [0.2, 0.25) is 0 Å². The minimum Gasteiger partial charge on any atom is -0.478 e. The first-order valence-electron chi connectivity index (χ1n) is 5.02. The number of carboxylic acids is 1. The van der Waals surface area contributed by atoms with Crippen LogP contribution < -0.4 is 4.90 Å². The zero-order chi connectivity index (χ0) is 12.3. The first kappa shape index (κ1) is 11.1. The second kappa shape index (κ2) is 4.61. The molecule has 0 radical (unpaired) electrons. The fraction of sp³-hybridized carbons (Fsp3) is 0.0833. The molecule has 86 valence electrons. The molecule has 0 aliphatic heterocycles.